The predicted molar refractivity (Wildman–Crippen MR) is 127 cm³/mol. The molecule has 0 radical (unpaired) electrons. The number of anilines is 3. The molecule has 0 saturated carbocycles. The first-order chi connectivity index (χ1) is 14.3. The summed E-state index contributed by atoms with van der Waals surface area (Å²) in [6.45, 7) is 6.68. The third-order valence-corrected chi connectivity index (χ3v) is 7.92. The highest BCUT2D eigenvalue weighted by atomic mass is 32.2. The van der Waals surface area contributed by atoms with E-state index in [1.54, 1.807) is 0 Å². The summed E-state index contributed by atoms with van der Waals surface area (Å²) in [5.41, 5.74) is 5.16. The second-order valence-electron chi connectivity index (χ2n) is 7.48. The second kappa shape index (κ2) is 8.34. The zero-order chi connectivity index (χ0) is 19.6. The third-order valence-electron chi connectivity index (χ3n) is 5.52. The van der Waals surface area contributed by atoms with Crippen LogP contribution in [0.1, 0.15) is 17.7 Å². The smallest absolute Gasteiger partial charge is 0.0529 e. The molecule has 3 aromatic rings. The van der Waals surface area contributed by atoms with Gasteiger partial charge in [-0.3, -0.25) is 0 Å². The van der Waals surface area contributed by atoms with Crippen molar-refractivity contribution in [3.63, 3.8) is 0 Å². The molecule has 0 aliphatic carbocycles. The van der Waals surface area contributed by atoms with Gasteiger partial charge in [-0.25, -0.2) is 4.31 Å². The molecule has 3 aromatic carbocycles. The SMILES string of the molecule is CC(SN1CCN(c2ccccc2)CC1)c1ccc2c(c1)Nc1ccccc1S2. The van der Waals surface area contributed by atoms with Crippen LogP contribution >= 0.6 is 23.7 Å². The lowest BCUT2D eigenvalue weighted by atomic mass is 10.1. The largest absolute Gasteiger partial charge is 0.369 e. The van der Waals surface area contributed by atoms with Crippen LogP contribution in [0.3, 0.4) is 0 Å². The Balaban J connectivity index is 1.22. The minimum absolute atomic E-state index is 0.438. The topological polar surface area (TPSA) is 18.5 Å². The molecule has 2 aliphatic rings. The van der Waals surface area contributed by atoms with E-state index in [9.17, 15) is 0 Å². The molecule has 3 nitrogen and oxygen atoms in total. The molecule has 0 spiro atoms. The molecule has 5 heteroatoms. The van der Waals surface area contributed by atoms with Crippen molar-refractivity contribution >= 4 is 40.8 Å². The lowest BCUT2D eigenvalue weighted by Gasteiger charge is -2.36. The molecule has 148 valence electrons. The van der Waals surface area contributed by atoms with E-state index >= 15 is 0 Å². The molecule has 1 atom stereocenters. The Kier molecular flexibility index (Phi) is 5.44. The van der Waals surface area contributed by atoms with Crippen molar-refractivity contribution in [1.29, 1.82) is 0 Å². The number of rotatable bonds is 4. The highest BCUT2D eigenvalue weighted by Gasteiger charge is 2.21. The van der Waals surface area contributed by atoms with Crippen LogP contribution in [0.5, 0.6) is 0 Å². The maximum atomic E-state index is 3.61. The molecular weight excluding hydrogens is 394 g/mol. The Morgan fingerprint density at radius 3 is 2.38 bits per heavy atom. The van der Waals surface area contributed by atoms with Crippen LogP contribution in [0.25, 0.3) is 0 Å². The number of nitrogens with zero attached hydrogens (tertiary/aromatic N) is 2. The summed E-state index contributed by atoms with van der Waals surface area (Å²) < 4.78 is 2.53. The zero-order valence-corrected chi connectivity index (χ0v) is 18.2. The van der Waals surface area contributed by atoms with Crippen LogP contribution in [0, 0.1) is 0 Å². The van der Waals surface area contributed by atoms with Gasteiger partial charge in [-0.1, -0.05) is 60.1 Å². The molecule has 29 heavy (non-hydrogen) atoms. The molecular formula is C24H25N3S2. The van der Waals surface area contributed by atoms with Crippen molar-refractivity contribution < 1.29 is 0 Å². The van der Waals surface area contributed by atoms with Gasteiger partial charge in [-0.15, -0.1) is 0 Å². The fourth-order valence-corrected chi connectivity index (χ4v) is 5.94. The molecule has 1 unspecified atom stereocenters. The summed E-state index contributed by atoms with van der Waals surface area (Å²) >= 11 is 3.83. The van der Waals surface area contributed by atoms with Gasteiger partial charge in [0, 0.05) is 46.9 Å². The number of fused-ring (bicyclic) bond motifs is 2. The predicted octanol–water partition coefficient (Wildman–Crippen LogP) is 6.43. The molecule has 1 N–H and O–H groups in total. The van der Waals surface area contributed by atoms with Gasteiger partial charge in [0.1, 0.15) is 0 Å². The van der Waals surface area contributed by atoms with Crippen LogP contribution in [-0.4, -0.2) is 30.5 Å². The number of hydrogen-bond donors (Lipinski definition) is 1. The van der Waals surface area contributed by atoms with Crippen LogP contribution in [-0.2, 0) is 0 Å². The number of nitrogens with one attached hydrogen (secondary N) is 1. The minimum Gasteiger partial charge on any atom is -0.369 e. The van der Waals surface area contributed by atoms with Crippen LogP contribution in [0.2, 0.25) is 0 Å². The normalized spacial score (nSPS) is 17.2. The molecule has 1 fully saturated rings. The number of piperazine rings is 1. The maximum Gasteiger partial charge on any atom is 0.0529 e. The van der Waals surface area contributed by atoms with Gasteiger partial charge in [-0.2, -0.15) is 0 Å². The maximum absolute atomic E-state index is 3.61. The van der Waals surface area contributed by atoms with Crippen molar-refractivity contribution in [3.05, 3.63) is 78.4 Å². The van der Waals surface area contributed by atoms with Crippen molar-refractivity contribution in [2.24, 2.45) is 0 Å². The average Bonchev–Trinajstić information content (AvgIpc) is 2.78. The average molecular weight is 420 g/mol. The lowest BCUT2D eigenvalue weighted by molar-refractivity contribution is 0.428. The molecule has 2 heterocycles. The van der Waals surface area contributed by atoms with Crippen molar-refractivity contribution in [2.45, 2.75) is 22.0 Å². The van der Waals surface area contributed by atoms with Crippen LogP contribution in [0.4, 0.5) is 17.1 Å². The van der Waals surface area contributed by atoms with Gasteiger partial charge >= 0.3 is 0 Å². The van der Waals surface area contributed by atoms with Crippen molar-refractivity contribution in [2.75, 3.05) is 36.4 Å². The van der Waals surface area contributed by atoms with Gasteiger partial charge in [0.15, 0.2) is 0 Å². The standard InChI is InChI=1S/C24H25N3S2/c1-18(29-27-15-13-26(14-16-27)20-7-3-2-4-8-20)19-11-12-24-22(17-19)25-21-9-5-6-10-23(21)28-24/h2-12,17-18,25H,13-16H2,1H3. The van der Waals surface area contributed by atoms with E-state index in [2.05, 4.69) is 94.2 Å². The number of benzene rings is 3. The molecule has 2 aliphatic heterocycles. The molecule has 0 aromatic heterocycles. The number of hydrogen-bond acceptors (Lipinski definition) is 5. The lowest BCUT2D eigenvalue weighted by Crippen LogP contribution is -2.43. The highest BCUT2D eigenvalue weighted by molar-refractivity contribution is 7.99. The molecule has 5 rings (SSSR count). The first-order valence-corrected chi connectivity index (χ1v) is 11.8. The Morgan fingerprint density at radius 1 is 0.828 bits per heavy atom. The zero-order valence-electron chi connectivity index (χ0n) is 16.5. The molecule has 0 amide bonds. The minimum atomic E-state index is 0.438. The highest BCUT2D eigenvalue weighted by Crippen LogP contribution is 2.45. The second-order valence-corrected chi connectivity index (χ2v) is 10.00. The van der Waals surface area contributed by atoms with Gasteiger partial charge < -0.3 is 10.2 Å². The summed E-state index contributed by atoms with van der Waals surface area (Å²) in [4.78, 5) is 5.09. The fraction of sp³-hybridized carbons (Fsp3) is 0.250. The molecule has 0 bridgehead atoms. The Labute approximate surface area is 181 Å². The summed E-state index contributed by atoms with van der Waals surface area (Å²) in [5.74, 6) is 0. The fourth-order valence-electron chi connectivity index (χ4n) is 3.88. The van der Waals surface area contributed by atoms with Gasteiger partial charge in [0.2, 0.25) is 0 Å². The summed E-state index contributed by atoms with van der Waals surface area (Å²) in [7, 11) is 0. The molecule has 1 saturated heterocycles. The summed E-state index contributed by atoms with van der Waals surface area (Å²) in [5, 5.41) is 4.05. The Morgan fingerprint density at radius 2 is 1.55 bits per heavy atom. The van der Waals surface area contributed by atoms with Crippen LogP contribution < -0.4 is 10.2 Å². The number of para-hydroxylation sites is 2. The van der Waals surface area contributed by atoms with Crippen molar-refractivity contribution in [1.82, 2.24) is 4.31 Å². The third kappa shape index (κ3) is 4.13. The van der Waals surface area contributed by atoms with Gasteiger partial charge in [-0.05, 0) is 48.9 Å². The van der Waals surface area contributed by atoms with E-state index < -0.39 is 0 Å². The summed E-state index contributed by atoms with van der Waals surface area (Å²) in [6, 6.07) is 26.2. The van der Waals surface area contributed by atoms with E-state index in [0.29, 0.717) is 5.25 Å². The van der Waals surface area contributed by atoms with E-state index in [1.807, 2.05) is 23.7 Å². The quantitative estimate of drug-likeness (QED) is 0.383. The monoisotopic (exact) mass is 419 g/mol. The van der Waals surface area contributed by atoms with E-state index in [-0.39, 0.29) is 0 Å². The van der Waals surface area contributed by atoms with E-state index in [0.717, 1.165) is 26.2 Å². The Hall–Kier alpha value is -2.08. The van der Waals surface area contributed by atoms with Gasteiger partial charge in [0.25, 0.3) is 0 Å². The van der Waals surface area contributed by atoms with Gasteiger partial charge in [0.05, 0.1) is 11.4 Å². The summed E-state index contributed by atoms with van der Waals surface area (Å²) in [6.07, 6.45) is 0. The Bertz CT molecular complexity index is 984. The van der Waals surface area contributed by atoms with E-state index in [1.165, 1.54) is 32.4 Å². The van der Waals surface area contributed by atoms with E-state index in [4.69, 9.17) is 0 Å². The van der Waals surface area contributed by atoms with Crippen LogP contribution in [0.15, 0.2) is 82.6 Å². The first-order valence-electron chi connectivity index (χ1n) is 10.2. The first kappa shape index (κ1) is 18.9. The van der Waals surface area contributed by atoms with Crippen molar-refractivity contribution in [3.8, 4) is 0 Å².